The van der Waals surface area contributed by atoms with E-state index in [0.29, 0.717) is 35.7 Å². The third kappa shape index (κ3) is 4.21. The summed E-state index contributed by atoms with van der Waals surface area (Å²) in [6, 6.07) is 7.53. The van der Waals surface area contributed by atoms with E-state index in [9.17, 15) is 18.3 Å². The first-order valence-corrected chi connectivity index (χ1v) is 12.4. The van der Waals surface area contributed by atoms with E-state index in [2.05, 4.69) is 16.3 Å². The van der Waals surface area contributed by atoms with Crippen molar-refractivity contribution in [3.63, 3.8) is 0 Å². The maximum Gasteiger partial charge on any atom is 0.257 e. The lowest BCUT2D eigenvalue weighted by molar-refractivity contribution is 0.0107. The number of aliphatic hydroxyl groups is 1. The van der Waals surface area contributed by atoms with Gasteiger partial charge in [0.25, 0.3) is 15.9 Å². The van der Waals surface area contributed by atoms with Gasteiger partial charge in [-0.05, 0) is 75.3 Å². The number of nitrogens with one attached hydrogen (secondary N) is 2. The Labute approximate surface area is 197 Å². The number of nitrogens with two attached hydrogens (primary N) is 1. The van der Waals surface area contributed by atoms with E-state index in [1.807, 2.05) is 0 Å². The summed E-state index contributed by atoms with van der Waals surface area (Å²) in [5.41, 5.74) is 7.85. The molecule has 7 nitrogen and oxygen atoms in total. The summed E-state index contributed by atoms with van der Waals surface area (Å²) in [5, 5.41) is 11.1. The molecule has 4 rings (SSSR count). The number of aromatic nitrogens is 1. The average Bonchev–Trinajstić information content (AvgIpc) is 3.10. The smallest absolute Gasteiger partial charge is 0.257 e. The lowest BCUT2D eigenvalue weighted by Crippen LogP contribution is -2.34. The van der Waals surface area contributed by atoms with Crippen molar-refractivity contribution < 1.29 is 22.7 Å². The van der Waals surface area contributed by atoms with Crippen molar-refractivity contribution in [1.29, 1.82) is 0 Å². The monoisotopic (exact) mass is 485 g/mol. The molecule has 0 saturated carbocycles. The largest absolute Gasteiger partial charge is 0.390 e. The molecule has 1 aromatic heterocycles. The molecule has 1 aliphatic carbocycles. The molecule has 180 valence electrons. The van der Waals surface area contributed by atoms with Gasteiger partial charge in [0.2, 0.25) is 0 Å². The molecular formula is C25H28FN3O4S. The number of rotatable bonds is 6. The van der Waals surface area contributed by atoms with Crippen LogP contribution in [0.5, 0.6) is 0 Å². The number of halogens is 1. The number of fused-ring (bicyclic) bond motifs is 3. The molecule has 0 unspecified atom stereocenters. The van der Waals surface area contributed by atoms with Crippen molar-refractivity contribution in [2.75, 3.05) is 4.72 Å². The number of H-pyrrole nitrogens is 1. The molecule has 1 heterocycles. The first-order valence-electron chi connectivity index (χ1n) is 11.0. The summed E-state index contributed by atoms with van der Waals surface area (Å²) >= 11 is 0. The van der Waals surface area contributed by atoms with E-state index in [0.717, 1.165) is 17.3 Å². The van der Waals surface area contributed by atoms with Crippen LogP contribution in [0.15, 0.2) is 41.8 Å². The summed E-state index contributed by atoms with van der Waals surface area (Å²) in [6.45, 7) is 8.39. The van der Waals surface area contributed by atoms with Crippen molar-refractivity contribution in [3.05, 3.63) is 64.5 Å². The number of sulfonamides is 1. The fraction of sp³-hybridized carbons (Fsp3) is 0.320. The molecular weight excluding hydrogens is 457 g/mol. The Morgan fingerprint density at radius 1 is 1.32 bits per heavy atom. The number of aryl methyl sites for hydroxylation is 1. The van der Waals surface area contributed by atoms with Crippen LogP contribution in [0, 0.1) is 11.7 Å². The summed E-state index contributed by atoms with van der Waals surface area (Å²) in [7, 11) is -3.77. The lowest BCUT2D eigenvalue weighted by atomic mass is 9.77. The van der Waals surface area contributed by atoms with Gasteiger partial charge < -0.3 is 15.8 Å². The fourth-order valence-corrected chi connectivity index (χ4v) is 5.25. The van der Waals surface area contributed by atoms with Gasteiger partial charge in [-0.25, -0.2) is 12.8 Å². The number of allylic oxidation sites excluding steroid dienone is 1. The minimum absolute atomic E-state index is 0.00161. The Bertz CT molecular complexity index is 1430. The highest BCUT2D eigenvalue weighted by Gasteiger charge is 2.34. The SMILES string of the molecule is C=C(C)S(=O)(=O)Nc1cccc(-c2c(F)cc(C(N)=O)c3[nH]c4c(c23)CC[C@@H](C(C)(C)O)C4)c1. The summed E-state index contributed by atoms with van der Waals surface area (Å²) < 4.78 is 42.5. The second-order valence-electron chi connectivity index (χ2n) is 9.46. The Morgan fingerprint density at radius 2 is 2.03 bits per heavy atom. The van der Waals surface area contributed by atoms with E-state index < -0.39 is 27.3 Å². The van der Waals surface area contributed by atoms with Crippen LogP contribution in [0.25, 0.3) is 22.0 Å². The molecule has 0 saturated heterocycles. The van der Waals surface area contributed by atoms with Crippen molar-refractivity contribution in [2.24, 2.45) is 11.7 Å². The minimum atomic E-state index is -3.77. The van der Waals surface area contributed by atoms with E-state index in [-0.39, 0.29) is 27.6 Å². The maximum absolute atomic E-state index is 15.5. The second kappa shape index (κ2) is 8.25. The van der Waals surface area contributed by atoms with Gasteiger partial charge in [0.05, 0.1) is 21.6 Å². The molecule has 34 heavy (non-hydrogen) atoms. The van der Waals surface area contributed by atoms with Crippen molar-refractivity contribution in [2.45, 2.75) is 45.6 Å². The predicted octanol–water partition coefficient (Wildman–Crippen LogP) is 4.22. The van der Waals surface area contributed by atoms with E-state index >= 15 is 4.39 Å². The zero-order valence-electron chi connectivity index (χ0n) is 19.3. The van der Waals surface area contributed by atoms with Crippen LogP contribution in [0.2, 0.25) is 0 Å². The molecule has 0 aliphatic heterocycles. The highest BCUT2D eigenvalue weighted by Crippen LogP contribution is 2.42. The molecule has 0 fully saturated rings. The quantitative estimate of drug-likeness (QED) is 0.417. The molecule has 3 aromatic rings. The van der Waals surface area contributed by atoms with Gasteiger partial charge in [0.1, 0.15) is 5.82 Å². The predicted molar refractivity (Wildman–Crippen MR) is 131 cm³/mol. The van der Waals surface area contributed by atoms with Crippen LogP contribution in [-0.4, -0.2) is 30.0 Å². The fourth-order valence-electron chi connectivity index (χ4n) is 4.64. The van der Waals surface area contributed by atoms with E-state index in [4.69, 9.17) is 5.73 Å². The Kier molecular flexibility index (Phi) is 5.81. The molecule has 0 bridgehead atoms. The standard InChI is InChI=1S/C25H28FN3O4S/c1-13(2)34(32,33)29-16-7-5-6-14(10-16)21-19(26)12-18(24(27)30)23-22(21)17-9-8-15(25(3,4)31)11-20(17)28-23/h5-7,10,12,15,28-29,31H,1,8-9,11H2,2-4H3,(H2,27,30)/t15-/m1/s1. The Balaban J connectivity index is 1.93. The molecule has 0 radical (unpaired) electrons. The van der Waals surface area contributed by atoms with Crippen molar-refractivity contribution in [3.8, 4) is 11.1 Å². The highest BCUT2D eigenvalue weighted by atomic mass is 32.2. The number of benzene rings is 2. The second-order valence-corrected chi connectivity index (χ2v) is 11.4. The maximum atomic E-state index is 15.5. The third-order valence-corrected chi connectivity index (χ3v) is 7.96. The number of primary amides is 1. The lowest BCUT2D eigenvalue weighted by Gasteiger charge is -2.32. The van der Waals surface area contributed by atoms with Crippen LogP contribution in [0.3, 0.4) is 0 Å². The molecule has 2 aromatic carbocycles. The van der Waals surface area contributed by atoms with Gasteiger partial charge in [0.15, 0.2) is 0 Å². The van der Waals surface area contributed by atoms with Crippen LogP contribution in [-0.2, 0) is 22.9 Å². The van der Waals surface area contributed by atoms with Crippen LogP contribution in [0.4, 0.5) is 10.1 Å². The van der Waals surface area contributed by atoms with E-state index in [1.165, 1.54) is 6.92 Å². The van der Waals surface area contributed by atoms with E-state index in [1.54, 1.807) is 38.1 Å². The van der Waals surface area contributed by atoms with Crippen LogP contribution in [0.1, 0.15) is 48.8 Å². The average molecular weight is 486 g/mol. The summed E-state index contributed by atoms with van der Waals surface area (Å²) in [6.07, 6.45) is 1.83. The molecule has 1 aliphatic rings. The number of amides is 1. The minimum Gasteiger partial charge on any atom is -0.390 e. The van der Waals surface area contributed by atoms with Gasteiger partial charge in [-0.3, -0.25) is 9.52 Å². The van der Waals surface area contributed by atoms with Crippen molar-refractivity contribution >= 4 is 32.5 Å². The normalized spacial score (nSPS) is 16.3. The van der Waals surface area contributed by atoms with Crippen molar-refractivity contribution in [1.82, 2.24) is 4.98 Å². The number of hydrogen-bond donors (Lipinski definition) is 4. The molecule has 1 atom stereocenters. The van der Waals surface area contributed by atoms with Gasteiger partial charge in [-0.1, -0.05) is 18.7 Å². The Morgan fingerprint density at radius 3 is 2.65 bits per heavy atom. The topological polar surface area (TPSA) is 125 Å². The number of aromatic amines is 1. The zero-order valence-corrected chi connectivity index (χ0v) is 20.1. The highest BCUT2D eigenvalue weighted by molar-refractivity contribution is 7.96. The first kappa shape index (κ1) is 24.0. The summed E-state index contributed by atoms with van der Waals surface area (Å²) in [4.78, 5) is 15.4. The summed E-state index contributed by atoms with van der Waals surface area (Å²) in [5.74, 6) is -1.39. The van der Waals surface area contributed by atoms with Gasteiger partial charge >= 0.3 is 0 Å². The first-order chi connectivity index (χ1) is 15.8. The van der Waals surface area contributed by atoms with Crippen LogP contribution >= 0.6 is 0 Å². The number of hydrogen-bond acceptors (Lipinski definition) is 4. The number of carbonyl (C=O) groups is 1. The van der Waals surface area contributed by atoms with Crippen LogP contribution < -0.4 is 10.5 Å². The zero-order chi connectivity index (χ0) is 25.0. The molecule has 1 amide bonds. The number of carbonyl (C=O) groups excluding carboxylic acids is 1. The molecule has 5 N–H and O–H groups in total. The molecule has 9 heteroatoms. The number of anilines is 1. The molecule has 0 spiro atoms. The Hall–Kier alpha value is -3.17. The van der Waals surface area contributed by atoms with Gasteiger partial charge in [0, 0.05) is 22.3 Å². The van der Waals surface area contributed by atoms with Gasteiger partial charge in [-0.15, -0.1) is 0 Å². The van der Waals surface area contributed by atoms with Gasteiger partial charge in [-0.2, -0.15) is 0 Å². The third-order valence-electron chi connectivity index (χ3n) is 6.54.